The number of ether oxygens (including phenoxy) is 1. The van der Waals surface area contributed by atoms with E-state index in [2.05, 4.69) is 25.9 Å². The van der Waals surface area contributed by atoms with E-state index in [1.165, 1.54) is 0 Å². The second-order valence-corrected chi connectivity index (χ2v) is 7.91. The molecule has 1 aliphatic heterocycles. The molecule has 8 heteroatoms. The molecule has 0 N–H and O–H groups in total. The van der Waals surface area contributed by atoms with Crippen LogP contribution < -0.4 is 10.2 Å². The molecule has 1 fully saturated rings. The van der Waals surface area contributed by atoms with Gasteiger partial charge in [-0.1, -0.05) is 0 Å². The van der Waals surface area contributed by atoms with Gasteiger partial charge in [0.25, 0.3) is 5.91 Å². The van der Waals surface area contributed by atoms with E-state index in [1.807, 2.05) is 30.5 Å². The van der Waals surface area contributed by atoms with Gasteiger partial charge in [0, 0.05) is 37.6 Å². The lowest BCUT2D eigenvalue weighted by atomic mass is 10.1. The number of pyridine rings is 3. The van der Waals surface area contributed by atoms with Crippen LogP contribution in [0.4, 0.5) is 0 Å². The molecule has 0 radical (unpaired) electrons. The Labute approximate surface area is 176 Å². The molecule has 3 aromatic heterocycles. The first-order valence-corrected chi connectivity index (χ1v) is 10.3. The van der Waals surface area contributed by atoms with Crippen molar-refractivity contribution in [3.05, 3.63) is 62.6 Å². The highest BCUT2D eigenvalue weighted by Crippen LogP contribution is 2.25. The minimum Gasteiger partial charge on any atom is -0.472 e. The molecule has 3 aromatic rings. The Kier molecular flexibility index (Phi) is 5.36. The molecule has 0 spiro atoms. The minimum atomic E-state index is -0.279. The predicted octanol–water partition coefficient (Wildman–Crippen LogP) is 3.18. The Hall–Kier alpha value is -2.74. The zero-order valence-electron chi connectivity index (χ0n) is 16.3. The number of amides is 1. The Balaban J connectivity index is 1.59. The van der Waals surface area contributed by atoms with Gasteiger partial charge in [-0.25, -0.2) is 9.97 Å². The molecule has 0 aliphatic carbocycles. The fourth-order valence-electron chi connectivity index (χ4n) is 3.55. The number of aromatic nitrogens is 3. The molecule has 4 rings (SSSR count). The summed E-state index contributed by atoms with van der Waals surface area (Å²) in [6.45, 7) is 5.41. The monoisotopic (exact) mass is 456 g/mol. The zero-order chi connectivity index (χ0) is 20.5. The maximum atomic E-state index is 13.1. The van der Waals surface area contributed by atoms with E-state index in [9.17, 15) is 9.59 Å². The van der Waals surface area contributed by atoms with Crippen molar-refractivity contribution in [2.24, 2.45) is 0 Å². The van der Waals surface area contributed by atoms with Crippen LogP contribution in [0.2, 0.25) is 0 Å². The lowest BCUT2D eigenvalue weighted by Crippen LogP contribution is -2.34. The lowest BCUT2D eigenvalue weighted by Gasteiger charge is -2.18. The largest absolute Gasteiger partial charge is 0.472 e. The summed E-state index contributed by atoms with van der Waals surface area (Å²) in [5, 5.41) is 0.465. The maximum absolute atomic E-state index is 13.1. The van der Waals surface area contributed by atoms with Crippen LogP contribution in [0.3, 0.4) is 0 Å². The van der Waals surface area contributed by atoms with Crippen LogP contribution >= 0.6 is 15.9 Å². The number of rotatable bonds is 4. The SMILES string of the molecule is CCn1cc(C(=O)N2CCC(Oc3ncccc3Br)C2)c(=O)c2ccc(C)nc21. The average Bonchev–Trinajstić information content (AvgIpc) is 3.18. The molecular weight excluding hydrogens is 436 g/mol. The van der Waals surface area contributed by atoms with Gasteiger partial charge in [-0.3, -0.25) is 9.59 Å². The molecule has 4 heterocycles. The first-order valence-electron chi connectivity index (χ1n) is 9.55. The second-order valence-electron chi connectivity index (χ2n) is 7.05. The minimum absolute atomic E-state index is 0.164. The van der Waals surface area contributed by atoms with Gasteiger partial charge in [0.1, 0.15) is 17.3 Å². The molecule has 1 aliphatic rings. The van der Waals surface area contributed by atoms with Gasteiger partial charge >= 0.3 is 0 Å². The molecule has 150 valence electrons. The number of nitrogens with zero attached hydrogens (tertiary/aromatic N) is 4. The first kappa shape index (κ1) is 19.6. The van der Waals surface area contributed by atoms with Crippen molar-refractivity contribution in [3.63, 3.8) is 0 Å². The van der Waals surface area contributed by atoms with E-state index in [0.717, 1.165) is 10.2 Å². The van der Waals surface area contributed by atoms with Gasteiger partial charge in [0.05, 0.1) is 16.4 Å². The van der Waals surface area contributed by atoms with E-state index in [4.69, 9.17) is 4.74 Å². The van der Waals surface area contributed by atoms with Gasteiger partial charge in [0.15, 0.2) is 0 Å². The van der Waals surface area contributed by atoms with Gasteiger partial charge in [-0.05, 0) is 54.0 Å². The van der Waals surface area contributed by atoms with Crippen molar-refractivity contribution in [1.82, 2.24) is 19.4 Å². The van der Waals surface area contributed by atoms with Crippen LogP contribution in [-0.2, 0) is 6.54 Å². The summed E-state index contributed by atoms with van der Waals surface area (Å²) < 4.78 is 8.56. The lowest BCUT2D eigenvalue weighted by molar-refractivity contribution is 0.0769. The van der Waals surface area contributed by atoms with E-state index >= 15 is 0 Å². The number of carbonyl (C=O) groups is 1. The Morgan fingerprint density at radius 3 is 2.93 bits per heavy atom. The fraction of sp³-hybridized carbons (Fsp3) is 0.333. The normalized spacial score (nSPS) is 16.4. The number of hydrogen-bond acceptors (Lipinski definition) is 5. The maximum Gasteiger partial charge on any atom is 0.259 e. The highest BCUT2D eigenvalue weighted by molar-refractivity contribution is 9.10. The third-order valence-electron chi connectivity index (χ3n) is 5.07. The van der Waals surface area contributed by atoms with Crippen molar-refractivity contribution >= 4 is 32.9 Å². The number of aryl methyl sites for hydroxylation is 2. The first-order chi connectivity index (χ1) is 14.0. The molecule has 0 aromatic carbocycles. The predicted molar refractivity (Wildman–Crippen MR) is 113 cm³/mol. The Bertz CT molecular complexity index is 1140. The Morgan fingerprint density at radius 1 is 1.34 bits per heavy atom. The van der Waals surface area contributed by atoms with Crippen molar-refractivity contribution in [1.29, 1.82) is 0 Å². The third kappa shape index (κ3) is 3.76. The molecular formula is C21H21BrN4O3. The fourth-order valence-corrected chi connectivity index (χ4v) is 3.90. The summed E-state index contributed by atoms with van der Waals surface area (Å²) in [5.41, 5.74) is 1.33. The topological polar surface area (TPSA) is 77.3 Å². The average molecular weight is 457 g/mol. The van der Waals surface area contributed by atoms with Crippen LogP contribution in [0.25, 0.3) is 11.0 Å². The molecule has 0 saturated carbocycles. The molecule has 1 saturated heterocycles. The van der Waals surface area contributed by atoms with E-state index in [1.54, 1.807) is 29.4 Å². The molecule has 29 heavy (non-hydrogen) atoms. The molecule has 1 unspecified atom stereocenters. The number of hydrogen-bond donors (Lipinski definition) is 0. The van der Waals surface area contributed by atoms with Crippen molar-refractivity contribution in [3.8, 4) is 5.88 Å². The van der Waals surface area contributed by atoms with E-state index in [-0.39, 0.29) is 23.0 Å². The second kappa shape index (κ2) is 7.94. The smallest absolute Gasteiger partial charge is 0.259 e. The number of halogens is 1. The van der Waals surface area contributed by atoms with E-state index < -0.39 is 0 Å². The quantitative estimate of drug-likeness (QED) is 0.602. The highest BCUT2D eigenvalue weighted by Gasteiger charge is 2.30. The summed E-state index contributed by atoms with van der Waals surface area (Å²) in [7, 11) is 0. The summed E-state index contributed by atoms with van der Waals surface area (Å²) in [6, 6.07) is 7.22. The van der Waals surface area contributed by atoms with Crippen molar-refractivity contribution in [2.75, 3.05) is 13.1 Å². The van der Waals surface area contributed by atoms with Crippen LogP contribution in [-0.4, -0.2) is 44.5 Å². The highest BCUT2D eigenvalue weighted by atomic mass is 79.9. The summed E-state index contributed by atoms with van der Waals surface area (Å²) in [5.74, 6) is 0.234. The Morgan fingerprint density at radius 2 is 2.17 bits per heavy atom. The summed E-state index contributed by atoms with van der Waals surface area (Å²) in [6.07, 6.45) is 3.81. The number of fused-ring (bicyclic) bond motifs is 1. The van der Waals surface area contributed by atoms with Crippen LogP contribution in [0.5, 0.6) is 5.88 Å². The van der Waals surface area contributed by atoms with Gasteiger partial charge in [-0.2, -0.15) is 0 Å². The van der Waals surface area contributed by atoms with Crippen molar-refractivity contribution in [2.45, 2.75) is 32.9 Å². The standard InChI is InChI=1S/C21H21BrN4O3/c1-3-25-12-16(18(27)15-7-6-13(2)24-19(15)25)21(28)26-10-8-14(11-26)29-20-17(22)5-4-9-23-20/h4-7,9,12,14H,3,8,10-11H2,1-2H3. The number of likely N-dealkylation sites (tertiary alicyclic amines) is 1. The van der Waals surface area contributed by atoms with Crippen LogP contribution in [0.15, 0.2) is 45.9 Å². The third-order valence-corrected chi connectivity index (χ3v) is 5.67. The molecule has 7 nitrogen and oxygen atoms in total. The zero-order valence-corrected chi connectivity index (χ0v) is 17.8. The summed E-state index contributed by atoms with van der Waals surface area (Å²) in [4.78, 5) is 36.5. The van der Waals surface area contributed by atoms with E-state index in [0.29, 0.717) is 43.0 Å². The van der Waals surface area contributed by atoms with Crippen LogP contribution in [0, 0.1) is 6.92 Å². The van der Waals surface area contributed by atoms with Crippen LogP contribution in [0.1, 0.15) is 29.4 Å². The van der Waals surface area contributed by atoms with Gasteiger partial charge < -0.3 is 14.2 Å². The molecule has 1 amide bonds. The van der Waals surface area contributed by atoms with Crippen molar-refractivity contribution < 1.29 is 9.53 Å². The molecule has 1 atom stereocenters. The van der Waals surface area contributed by atoms with Gasteiger partial charge in [0.2, 0.25) is 11.3 Å². The number of carbonyl (C=O) groups excluding carboxylic acids is 1. The van der Waals surface area contributed by atoms with Gasteiger partial charge in [-0.15, -0.1) is 0 Å². The summed E-state index contributed by atoms with van der Waals surface area (Å²) >= 11 is 3.42. The molecule has 0 bridgehead atoms.